The smallest absolute Gasteiger partial charge is 0.420 e. The van der Waals surface area contributed by atoms with Crippen LogP contribution in [0.2, 0.25) is 5.02 Å². The molecule has 1 aromatic carbocycles. The van der Waals surface area contributed by atoms with Crippen molar-refractivity contribution in [3.63, 3.8) is 0 Å². The number of ether oxygens (including phenoxy) is 1. The highest BCUT2D eigenvalue weighted by Crippen LogP contribution is 2.38. The fourth-order valence-electron chi connectivity index (χ4n) is 1.51. The molecule has 104 valence electrons. The largest absolute Gasteiger partial charge is 0.455 e. The average molecular weight is 302 g/mol. The van der Waals surface area contributed by atoms with Gasteiger partial charge in [-0.3, -0.25) is 9.78 Å². The zero-order chi connectivity index (χ0) is 14.8. The van der Waals surface area contributed by atoms with Crippen molar-refractivity contribution < 1.29 is 22.7 Å². The molecule has 1 heterocycles. The molecule has 2 aromatic rings. The number of nitrogens with zero attached hydrogens (tertiary/aromatic N) is 1. The van der Waals surface area contributed by atoms with Crippen LogP contribution in [-0.2, 0) is 6.18 Å². The third kappa shape index (κ3) is 3.27. The number of pyridine rings is 1. The van der Waals surface area contributed by atoms with Gasteiger partial charge in [-0.25, -0.2) is 0 Å². The van der Waals surface area contributed by atoms with E-state index in [2.05, 4.69) is 4.98 Å². The first-order valence-electron chi connectivity index (χ1n) is 5.35. The molecule has 1 aromatic heterocycles. The van der Waals surface area contributed by atoms with Crippen LogP contribution in [0.4, 0.5) is 13.2 Å². The van der Waals surface area contributed by atoms with Gasteiger partial charge >= 0.3 is 6.18 Å². The number of rotatable bonds is 3. The van der Waals surface area contributed by atoms with Gasteiger partial charge in [0.15, 0.2) is 0 Å². The van der Waals surface area contributed by atoms with Gasteiger partial charge in [-0.15, -0.1) is 0 Å². The van der Waals surface area contributed by atoms with Gasteiger partial charge in [0.25, 0.3) is 0 Å². The molecule has 0 fully saturated rings. The third-order valence-corrected chi connectivity index (χ3v) is 2.56. The third-order valence-electron chi connectivity index (χ3n) is 2.35. The van der Waals surface area contributed by atoms with Crippen LogP contribution in [-0.4, -0.2) is 11.3 Å². The summed E-state index contributed by atoms with van der Waals surface area (Å²) >= 11 is 5.68. The maximum absolute atomic E-state index is 12.9. The molecule has 7 heteroatoms. The van der Waals surface area contributed by atoms with Crippen LogP contribution in [0.1, 0.15) is 15.9 Å². The maximum Gasteiger partial charge on any atom is 0.420 e. The summed E-state index contributed by atoms with van der Waals surface area (Å²) in [6.07, 6.45) is -1.74. The number of aromatic nitrogens is 1. The standard InChI is InChI=1S/C13H7ClF3NO2/c14-9-4-10(6-18-5-9)20-12-2-1-8(7-19)3-11(12)13(15,16)17/h1-7H. The number of carbonyl (C=O) groups excluding carboxylic acids is 1. The monoisotopic (exact) mass is 301 g/mol. The molecule has 0 spiro atoms. The van der Waals surface area contributed by atoms with E-state index in [1.807, 2.05) is 0 Å². The van der Waals surface area contributed by atoms with Crippen LogP contribution >= 0.6 is 11.6 Å². The molecule has 0 unspecified atom stereocenters. The molecule has 0 saturated carbocycles. The topological polar surface area (TPSA) is 39.2 Å². The normalized spacial score (nSPS) is 11.2. The van der Waals surface area contributed by atoms with E-state index >= 15 is 0 Å². The van der Waals surface area contributed by atoms with E-state index in [0.717, 1.165) is 12.1 Å². The molecule has 0 aliphatic carbocycles. The van der Waals surface area contributed by atoms with E-state index in [-0.39, 0.29) is 16.3 Å². The zero-order valence-electron chi connectivity index (χ0n) is 9.82. The number of carbonyl (C=O) groups is 1. The van der Waals surface area contributed by atoms with Crippen LogP contribution in [0.3, 0.4) is 0 Å². The Hall–Kier alpha value is -2.08. The molecule has 0 radical (unpaired) electrons. The predicted molar refractivity (Wildman–Crippen MR) is 66.2 cm³/mol. The van der Waals surface area contributed by atoms with Crippen molar-refractivity contribution in [2.24, 2.45) is 0 Å². The Bertz CT molecular complexity index is 644. The van der Waals surface area contributed by atoms with Crippen LogP contribution < -0.4 is 4.74 Å². The molecule has 0 bridgehead atoms. The fraction of sp³-hybridized carbons (Fsp3) is 0.0769. The Labute approximate surface area is 117 Å². The Balaban J connectivity index is 2.43. The highest BCUT2D eigenvalue weighted by atomic mass is 35.5. The molecule has 0 saturated heterocycles. The molecule has 3 nitrogen and oxygen atoms in total. The van der Waals surface area contributed by atoms with Gasteiger partial charge in [0, 0.05) is 17.8 Å². The lowest BCUT2D eigenvalue weighted by molar-refractivity contribution is -0.138. The number of alkyl halides is 3. The van der Waals surface area contributed by atoms with Crippen molar-refractivity contribution in [3.05, 3.63) is 52.8 Å². The fourth-order valence-corrected chi connectivity index (χ4v) is 1.67. The molecule has 20 heavy (non-hydrogen) atoms. The van der Waals surface area contributed by atoms with Gasteiger partial charge in [0.2, 0.25) is 0 Å². The summed E-state index contributed by atoms with van der Waals surface area (Å²) in [5, 5.41) is 0.237. The van der Waals surface area contributed by atoms with E-state index in [0.29, 0.717) is 6.29 Å². The summed E-state index contributed by atoms with van der Waals surface area (Å²) in [6.45, 7) is 0. The van der Waals surface area contributed by atoms with Crippen LogP contribution in [0.25, 0.3) is 0 Å². The first-order chi connectivity index (χ1) is 9.40. The summed E-state index contributed by atoms with van der Waals surface area (Å²) in [7, 11) is 0. The van der Waals surface area contributed by atoms with Crippen molar-refractivity contribution in [1.82, 2.24) is 4.98 Å². The Morgan fingerprint density at radius 1 is 1.20 bits per heavy atom. The summed E-state index contributed by atoms with van der Waals surface area (Å²) in [6, 6.07) is 4.37. The lowest BCUT2D eigenvalue weighted by Gasteiger charge is -2.14. The maximum atomic E-state index is 12.9. The minimum atomic E-state index is -4.64. The SMILES string of the molecule is O=Cc1ccc(Oc2cncc(Cl)c2)c(C(F)(F)F)c1. The van der Waals surface area contributed by atoms with E-state index in [1.54, 1.807) is 0 Å². The predicted octanol–water partition coefficient (Wildman–Crippen LogP) is 4.36. The molecule has 0 atom stereocenters. The average Bonchev–Trinajstić information content (AvgIpc) is 2.38. The number of halogens is 4. The summed E-state index contributed by atoms with van der Waals surface area (Å²) in [5.41, 5.74) is -1.13. The number of aldehydes is 1. The Kier molecular flexibility index (Phi) is 3.94. The first-order valence-corrected chi connectivity index (χ1v) is 5.73. The highest BCUT2D eigenvalue weighted by Gasteiger charge is 2.34. The van der Waals surface area contributed by atoms with Crippen LogP contribution in [0.5, 0.6) is 11.5 Å². The minimum absolute atomic E-state index is 0.0712. The molecule has 2 rings (SSSR count). The molecule has 0 aliphatic rings. The van der Waals surface area contributed by atoms with Crippen molar-refractivity contribution in [3.8, 4) is 11.5 Å². The second-order valence-corrected chi connectivity index (χ2v) is 4.25. The van der Waals surface area contributed by atoms with Gasteiger partial charge in [-0.1, -0.05) is 11.6 Å². The van der Waals surface area contributed by atoms with E-state index in [4.69, 9.17) is 16.3 Å². The summed E-state index contributed by atoms with van der Waals surface area (Å²) in [4.78, 5) is 14.3. The Morgan fingerprint density at radius 2 is 1.95 bits per heavy atom. The molecule has 0 aliphatic heterocycles. The van der Waals surface area contributed by atoms with Crippen molar-refractivity contribution >= 4 is 17.9 Å². The Morgan fingerprint density at radius 3 is 2.55 bits per heavy atom. The summed E-state index contributed by atoms with van der Waals surface area (Å²) < 4.78 is 43.9. The van der Waals surface area contributed by atoms with Crippen molar-refractivity contribution in [2.45, 2.75) is 6.18 Å². The molecule has 0 amide bonds. The van der Waals surface area contributed by atoms with Crippen molar-refractivity contribution in [1.29, 1.82) is 0 Å². The second-order valence-electron chi connectivity index (χ2n) is 3.81. The zero-order valence-corrected chi connectivity index (χ0v) is 10.6. The molecule has 0 N–H and O–H groups in total. The van der Waals surface area contributed by atoms with Gasteiger partial charge in [0.05, 0.1) is 16.8 Å². The first kappa shape index (κ1) is 14.3. The van der Waals surface area contributed by atoms with Crippen molar-refractivity contribution in [2.75, 3.05) is 0 Å². The minimum Gasteiger partial charge on any atom is -0.455 e. The number of hydrogen-bond donors (Lipinski definition) is 0. The van der Waals surface area contributed by atoms with Crippen LogP contribution in [0.15, 0.2) is 36.7 Å². The lowest BCUT2D eigenvalue weighted by atomic mass is 10.1. The van der Waals surface area contributed by atoms with Gasteiger partial charge < -0.3 is 4.74 Å². The van der Waals surface area contributed by atoms with Gasteiger partial charge in [-0.2, -0.15) is 13.2 Å². The van der Waals surface area contributed by atoms with E-state index in [9.17, 15) is 18.0 Å². The number of benzene rings is 1. The van der Waals surface area contributed by atoms with E-state index in [1.165, 1.54) is 24.5 Å². The van der Waals surface area contributed by atoms with Crippen LogP contribution in [0, 0.1) is 0 Å². The van der Waals surface area contributed by atoms with E-state index < -0.39 is 17.5 Å². The molecular weight excluding hydrogens is 295 g/mol. The quantitative estimate of drug-likeness (QED) is 0.791. The van der Waals surface area contributed by atoms with Gasteiger partial charge in [0.1, 0.15) is 17.8 Å². The van der Waals surface area contributed by atoms with Gasteiger partial charge in [-0.05, 0) is 18.2 Å². The highest BCUT2D eigenvalue weighted by molar-refractivity contribution is 6.30. The lowest BCUT2D eigenvalue weighted by Crippen LogP contribution is -2.08. The second kappa shape index (κ2) is 5.50. The molecular formula is C13H7ClF3NO2. The number of hydrogen-bond acceptors (Lipinski definition) is 3. The summed E-state index contributed by atoms with van der Waals surface area (Å²) in [5.74, 6) is -0.353.